The van der Waals surface area contributed by atoms with Gasteiger partial charge in [0.25, 0.3) is 0 Å². The zero-order valence-corrected chi connectivity index (χ0v) is 20.3. The highest BCUT2D eigenvalue weighted by atomic mass is 16.6. The monoisotopic (exact) mass is 459 g/mol. The third-order valence-electron chi connectivity index (χ3n) is 6.11. The number of hydrogen-bond acceptors (Lipinski definition) is 6. The third kappa shape index (κ3) is 6.88. The van der Waals surface area contributed by atoms with Crippen LogP contribution in [0.4, 0.5) is 0 Å². The first-order valence-electron chi connectivity index (χ1n) is 12.1. The molecule has 1 unspecified atom stereocenters. The molecule has 1 aliphatic rings. The van der Waals surface area contributed by atoms with Crippen LogP contribution in [0.1, 0.15) is 68.5 Å². The molecule has 0 radical (unpaired) electrons. The Morgan fingerprint density at radius 2 is 1.88 bits per heavy atom. The minimum absolute atomic E-state index is 0.0241. The van der Waals surface area contributed by atoms with Gasteiger partial charge in [-0.05, 0) is 57.1 Å². The number of carbonyl (C=O) groups is 1. The second-order valence-electron chi connectivity index (χ2n) is 8.76. The first-order chi connectivity index (χ1) is 15.9. The average molecular weight is 460 g/mol. The van der Waals surface area contributed by atoms with Gasteiger partial charge in [0.05, 0.1) is 25.4 Å². The maximum atomic E-state index is 11.4. The summed E-state index contributed by atoms with van der Waals surface area (Å²) in [7, 11) is 0. The molecule has 1 aromatic carbocycles. The van der Waals surface area contributed by atoms with Gasteiger partial charge in [0, 0.05) is 18.6 Å². The highest BCUT2D eigenvalue weighted by Gasteiger charge is 2.27. The van der Waals surface area contributed by atoms with Crippen molar-refractivity contribution in [3.05, 3.63) is 40.8 Å². The van der Waals surface area contributed by atoms with Gasteiger partial charge in [0.15, 0.2) is 6.10 Å². The maximum absolute atomic E-state index is 11.4. The lowest BCUT2D eigenvalue weighted by molar-refractivity contribution is -0.157. The van der Waals surface area contributed by atoms with Crippen LogP contribution in [-0.2, 0) is 32.0 Å². The number of benzene rings is 1. The Morgan fingerprint density at radius 3 is 2.52 bits per heavy atom. The molecule has 0 amide bonds. The van der Waals surface area contributed by atoms with Crippen LogP contribution in [0.3, 0.4) is 0 Å². The summed E-state index contributed by atoms with van der Waals surface area (Å²) in [6, 6.07) is 6.18. The molecule has 7 heteroatoms. The van der Waals surface area contributed by atoms with Gasteiger partial charge >= 0.3 is 5.97 Å². The molecule has 1 saturated carbocycles. The summed E-state index contributed by atoms with van der Waals surface area (Å²) in [6.45, 7) is 9.02. The van der Waals surface area contributed by atoms with Gasteiger partial charge in [-0.25, -0.2) is 9.78 Å². The Balaban J connectivity index is 1.57. The zero-order chi connectivity index (χ0) is 23.8. The third-order valence-corrected chi connectivity index (χ3v) is 6.11. The first-order valence-corrected chi connectivity index (χ1v) is 12.1. The summed E-state index contributed by atoms with van der Waals surface area (Å²) < 4.78 is 23.6. The van der Waals surface area contributed by atoms with Crippen molar-refractivity contribution in [1.82, 2.24) is 4.98 Å². The van der Waals surface area contributed by atoms with Crippen molar-refractivity contribution in [2.24, 2.45) is 0 Å². The predicted octanol–water partition coefficient (Wildman–Crippen LogP) is 5.25. The molecule has 1 heterocycles. The topological polar surface area (TPSA) is 91.0 Å². The van der Waals surface area contributed by atoms with E-state index in [2.05, 4.69) is 32.9 Å². The molecule has 0 spiro atoms. The Labute approximate surface area is 196 Å². The number of ether oxygens (including phenoxy) is 3. The van der Waals surface area contributed by atoms with Crippen molar-refractivity contribution in [3.63, 3.8) is 0 Å². The van der Waals surface area contributed by atoms with Gasteiger partial charge in [-0.15, -0.1) is 0 Å². The molecule has 0 bridgehead atoms. The van der Waals surface area contributed by atoms with Crippen LogP contribution >= 0.6 is 0 Å². The van der Waals surface area contributed by atoms with Crippen molar-refractivity contribution >= 4 is 5.97 Å². The van der Waals surface area contributed by atoms with E-state index < -0.39 is 12.1 Å². The van der Waals surface area contributed by atoms with E-state index in [4.69, 9.17) is 23.6 Å². The fourth-order valence-electron chi connectivity index (χ4n) is 4.31. The van der Waals surface area contributed by atoms with Crippen LogP contribution in [-0.4, -0.2) is 47.6 Å². The van der Waals surface area contributed by atoms with Gasteiger partial charge in [-0.1, -0.05) is 32.0 Å². The molecule has 7 nitrogen and oxygen atoms in total. The number of aryl methyl sites for hydroxylation is 3. The van der Waals surface area contributed by atoms with Gasteiger partial charge in [0.2, 0.25) is 5.89 Å². The molecule has 182 valence electrons. The number of carboxylic acid groups (broad SMARTS) is 1. The Morgan fingerprint density at radius 1 is 1.18 bits per heavy atom. The minimum Gasteiger partial charge on any atom is -0.479 e. The smallest absolute Gasteiger partial charge is 0.335 e. The largest absolute Gasteiger partial charge is 0.479 e. The lowest BCUT2D eigenvalue weighted by Gasteiger charge is -2.29. The first kappa shape index (κ1) is 25.4. The van der Waals surface area contributed by atoms with Gasteiger partial charge in [-0.3, -0.25) is 0 Å². The molecule has 3 atom stereocenters. The quantitative estimate of drug-likeness (QED) is 0.464. The van der Waals surface area contributed by atoms with E-state index in [1.54, 1.807) is 0 Å². The predicted molar refractivity (Wildman–Crippen MR) is 125 cm³/mol. The number of hydrogen-bond donors (Lipinski definition) is 1. The van der Waals surface area contributed by atoms with Crippen LogP contribution in [0.25, 0.3) is 11.5 Å². The highest BCUT2D eigenvalue weighted by Crippen LogP contribution is 2.30. The molecule has 0 saturated heterocycles. The summed E-state index contributed by atoms with van der Waals surface area (Å²) in [5.41, 5.74) is 4.17. The highest BCUT2D eigenvalue weighted by molar-refractivity contribution is 5.72. The van der Waals surface area contributed by atoms with E-state index in [-0.39, 0.29) is 18.8 Å². The number of rotatable bonds is 12. The Bertz CT molecular complexity index is 888. The number of oxazole rings is 1. The van der Waals surface area contributed by atoms with E-state index in [0.717, 1.165) is 66.7 Å². The van der Waals surface area contributed by atoms with Crippen LogP contribution in [0.2, 0.25) is 0 Å². The van der Waals surface area contributed by atoms with Crippen molar-refractivity contribution in [1.29, 1.82) is 0 Å². The second-order valence-corrected chi connectivity index (χ2v) is 8.76. The summed E-state index contributed by atoms with van der Waals surface area (Å²) in [6.07, 6.45) is 4.21. The molecule has 1 aromatic heterocycles. The van der Waals surface area contributed by atoms with E-state index in [1.807, 2.05) is 13.0 Å². The van der Waals surface area contributed by atoms with E-state index in [9.17, 15) is 9.90 Å². The second kappa shape index (κ2) is 12.3. The van der Waals surface area contributed by atoms with Crippen LogP contribution in [0, 0.1) is 13.8 Å². The summed E-state index contributed by atoms with van der Waals surface area (Å²) >= 11 is 0. The number of carboxylic acids is 1. The average Bonchev–Trinajstić information content (AvgIpc) is 3.20. The van der Waals surface area contributed by atoms with Crippen LogP contribution in [0.15, 0.2) is 22.6 Å². The molecular weight excluding hydrogens is 422 g/mol. The SMILES string of the molecule is CCCOC(CO[C@@H]1CCC[C@H](OCc2nc(-c3c(C)cccc3C)oc2CC)C1)C(=O)O. The number of nitrogens with zero attached hydrogens (tertiary/aromatic N) is 1. The van der Waals surface area contributed by atoms with Gasteiger partial charge in [0.1, 0.15) is 11.5 Å². The fourth-order valence-corrected chi connectivity index (χ4v) is 4.31. The minimum atomic E-state index is -0.982. The lowest BCUT2D eigenvalue weighted by Crippen LogP contribution is -2.34. The molecule has 33 heavy (non-hydrogen) atoms. The summed E-state index contributed by atoms with van der Waals surface area (Å²) in [5.74, 6) is 0.524. The molecule has 2 aromatic rings. The Kier molecular flexibility index (Phi) is 9.47. The van der Waals surface area contributed by atoms with Crippen LogP contribution < -0.4 is 0 Å². The number of aromatic nitrogens is 1. The van der Waals surface area contributed by atoms with Crippen molar-refractivity contribution < 1.29 is 28.5 Å². The van der Waals surface area contributed by atoms with Crippen LogP contribution in [0.5, 0.6) is 0 Å². The zero-order valence-electron chi connectivity index (χ0n) is 20.3. The van der Waals surface area contributed by atoms with Gasteiger partial charge in [-0.2, -0.15) is 0 Å². The van der Waals surface area contributed by atoms with Crippen molar-refractivity contribution in [2.75, 3.05) is 13.2 Å². The Hall–Kier alpha value is -2.22. The molecule has 1 fully saturated rings. The van der Waals surface area contributed by atoms with Crippen molar-refractivity contribution in [3.8, 4) is 11.5 Å². The summed E-state index contributed by atoms with van der Waals surface area (Å²) in [5, 5.41) is 9.31. The van der Waals surface area contributed by atoms with Crippen molar-refractivity contribution in [2.45, 2.75) is 91.1 Å². The summed E-state index contributed by atoms with van der Waals surface area (Å²) in [4.78, 5) is 16.1. The lowest BCUT2D eigenvalue weighted by atomic mass is 9.95. The molecule has 1 aliphatic carbocycles. The standard InChI is InChI=1S/C26H37NO6/c1-5-13-30-23(26(28)29)16-32-20-12-8-11-19(14-20)31-15-21-22(6-2)33-25(27-21)24-17(3)9-7-10-18(24)4/h7,9-10,19-20,23H,5-6,8,11-16H2,1-4H3,(H,28,29)/t19-,20+,23?/m0/s1. The molecule has 1 N–H and O–H groups in total. The molecule has 0 aliphatic heterocycles. The normalized spacial score (nSPS) is 19.5. The molecular formula is C26H37NO6. The van der Waals surface area contributed by atoms with E-state index in [0.29, 0.717) is 19.1 Å². The fraction of sp³-hybridized carbons (Fsp3) is 0.615. The number of aliphatic carboxylic acids is 1. The maximum Gasteiger partial charge on any atom is 0.335 e. The molecule has 3 rings (SSSR count). The van der Waals surface area contributed by atoms with E-state index in [1.165, 1.54) is 0 Å². The van der Waals surface area contributed by atoms with Gasteiger partial charge < -0.3 is 23.7 Å². The van der Waals surface area contributed by atoms with E-state index >= 15 is 0 Å².